The molecule has 0 saturated carbocycles. The van der Waals surface area contributed by atoms with Crippen molar-refractivity contribution >= 4 is 34.8 Å². The summed E-state index contributed by atoms with van der Waals surface area (Å²) in [6.07, 6.45) is 1.97. The molecule has 2 aromatic rings. The first kappa shape index (κ1) is 17.4. The molecule has 0 spiro atoms. The van der Waals surface area contributed by atoms with Crippen molar-refractivity contribution in [1.29, 1.82) is 0 Å². The van der Waals surface area contributed by atoms with E-state index < -0.39 is 0 Å². The maximum atomic E-state index is 13.1. The van der Waals surface area contributed by atoms with E-state index >= 15 is 0 Å². The number of carbonyl (C=O) groups excluding carboxylic acids is 2. The zero-order valence-electron chi connectivity index (χ0n) is 14.6. The molecule has 25 heavy (non-hydrogen) atoms. The highest BCUT2D eigenvalue weighted by Gasteiger charge is 2.25. The standard InChI is InChI=1S/C20H22N2O2S/c1-15-5-3-6-17(13-15)14-18(19-7-4-12-25-19)20(24)22-10-8-21(9-11-22)16(2)23/h3-7,12-14H,8-11H2,1-2H3/b18-14+. The SMILES string of the molecule is CC(=O)N1CCN(C(=O)/C(=C/c2cccc(C)c2)c2cccs2)CC1. The third kappa shape index (κ3) is 4.17. The predicted molar refractivity (Wildman–Crippen MR) is 102 cm³/mol. The highest BCUT2D eigenvalue weighted by molar-refractivity contribution is 7.11. The second-order valence-electron chi connectivity index (χ2n) is 6.25. The second-order valence-corrected chi connectivity index (χ2v) is 7.20. The van der Waals surface area contributed by atoms with Crippen LogP contribution in [0.2, 0.25) is 0 Å². The van der Waals surface area contributed by atoms with E-state index in [1.165, 1.54) is 5.56 Å². The lowest BCUT2D eigenvalue weighted by Gasteiger charge is -2.34. The first-order valence-electron chi connectivity index (χ1n) is 8.41. The lowest BCUT2D eigenvalue weighted by molar-refractivity contribution is -0.135. The summed E-state index contributed by atoms with van der Waals surface area (Å²) in [4.78, 5) is 29.2. The van der Waals surface area contributed by atoms with Crippen molar-refractivity contribution in [3.8, 4) is 0 Å². The van der Waals surface area contributed by atoms with Crippen molar-refractivity contribution in [3.05, 3.63) is 57.8 Å². The molecule has 2 heterocycles. The van der Waals surface area contributed by atoms with Crippen LogP contribution in [0.15, 0.2) is 41.8 Å². The van der Waals surface area contributed by atoms with Crippen molar-refractivity contribution in [2.75, 3.05) is 26.2 Å². The summed E-state index contributed by atoms with van der Waals surface area (Å²) >= 11 is 1.57. The average molecular weight is 354 g/mol. The van der Waals surface area contributed by atoms with Gasteiger partial charge >= 0.3 is 0 Å². The molecule has 5 heteroatoms. The first-order valence-corrected chi connectivity index (χ1v) is 9.29. The number of carbonyl (C=O) groups is 2. The van der Waals surface area contributed by atoms with Gasteiger partial charge in [0.2, 0.25) is 5.91 Å². The monoisotopic (exact) mass is 354 g/mol. The number of benzene rings is 1. The van der Waals surface area contributed by atoms with Crippen LogP contribution in [-0.4, -0.2) is 47.8 Å². The summed E-state index contributed by atoms with van der Waals surface area (Å²) in [6.45, 7) is 5.98. The van der Waals surface area contributed by atoms with Gasteiger partial charge in [0.15, 0.2) is 0 Å². The van der Waals surface area contributed by atoms with Crippen LogP contribution in [0.1, 0.15) is 22.9 Å². The fourth-order valence-electron chi connectivity index (χ4n) is 2.99. The fraction of sp³-hybridized carbons (Fsp3) is 0.300. The minimum atomic E-state index is 0.0344. The van der Waals surface area contributed by atoms with E-state index in [1.54, 1.807) is 23.2 Å². The van der Waals surface area contributed by atoms with Crippen LogP contribution in [0, 0.1) is 6.92 Å². The van der Waals surface area contributed by atoms with Gasteiger partial charge in [-0.2, -0.15) is 0 Å². The molecule has 0 radical (unpaired) electrons. The Labute approximate surface area is 152 Å². The van der Waals surface area contributed by atoms with E-state index in [0.717, 1.165) is 16.0 Å². The Morgan fingerprint density at radius 3 is 2.36 bits per heavy atom. The van der Waals surface area contributed by atoms with E-state index in [2.05, 4.69) is 6.07 Å². The number of amides is 2. The number of piperazine rings is 1. The molecule has 0 aliphatic carbocycles. The number of rotatable bonds is 3. The normalized spacial score (nSPS) is 15.4. The molecular formula is C20H22N2O2S. The van der Waals surface area contributed by atoms with E-state index in [-0.39, 0.29) is 11.8 Å². The Morgan fingerprint density at radius 2 is 1.76 bits per heavy atom. The van der Waals surface area contributed by atoms with Gasteiger partial charge in [0.25, 0.3) is 5.91 Å². The van der Waals surface area contributed by atoms with Crippen LogP contribution in [0.5, 0.6) is 0 Å². The van der Waals surface area contributed by atoms with Crippen molar-refractivity contribution < 1.29 is 9.59 Å². The molecule has 4 nitrogen and oxygen atoms in total. The van der Waals surface area contributed by atoms with Crippen molar-refractivity contribution in [3.63, 3.8) is 0 Å². The van der Waals surface area contributed by atoms with Gasteiger partial charge in [-0.3, -0.25) is 9.59 Å². The second kappa shape index (κ2) is 7.66. The Kier molecular flexibility index (Phi) is 5.34. The van der Waals surface area contributed by atoms with Crippen LogP contribution in [0.3, 0.4) is 0 Å². The average Bonchev–Trinajstić information content (AvgIpc) is 3.13. The van der Waals surface area contributed by atoms with E-state index in [4.69, 9.17) is 0 Å². The molecule has 130 valence electrons. The molecule has 1 aliphatic heterocycles. The predicted octanol–water partition coefficient (Wildman–Crippen LogP) is 3.29. The lowest BCUT2D eigenvalue weighted by atomic mass is 10.1. The lowest BCUT2D eigenvalue weighted by Crippen LogP contribution is -2.50. The molecule has 1 aromatic heterocycles. The van der Waals surface area contributed by atoms with Crippen molar-refractivity contribution in [2.45, 2.75) is 13.8 Å². The molecule has 0 unspecified atom stereocenters. The summed E-state index contributed by atoms with van der Waals surface area (Å²) in [5.74, 6) is 0.105. The van der Waals surface area contributed by atoms with Gasteiger partial charge in [0, 0.05) is 38.0 Å². The Hall–Kier alpha value is -2.40. The van der Waals surface area contributed by atoms with Crippen LogP contribution >= 0.6 is 11.3 Å². The van der Waals surface area contributed by atoms with E-state index in [1.807, 2.05) is 53.6 Å². The molecule has 1 aromatic carbocycles. The summed E-state index contributed by atoms with van der Waals surface area (Å²) in [7, 11) is 0. The van der Waals surface area contributed by atoms with Gasteiger partial charge in [-0.15, -0.1) is 11.3 Å². The molecule has 2 amide bonds. The fourth-order valence-corrected chi connectivity index (χ4v) is 3.73. The quantitative estimate of drug-likeness (QED) is 0.794. The number of hydrogen-bond donors (Lipinski definition) is 0. The number of hydrogen-bond acceptors (Lipinski definition) is 3. The van der Waals surface area contributed by atoms with Crippen LogP contribution in [-0.2, 0) is 9.59 Å². The summed E-state index contributed by atoms with van der Waals surface area (Å²) in [6, 6.07) is 12.1. The van der Waals surface area contributed by atoms with Crippen molar-refractivity contribution in [1.82, 2.24) is 9.80 Å². The van der Waals surface area contributed by atoms with Gasteiger partial charge < -0.3 is 9.80 Å². The van der Waals surface area contributed by atoms with E-state index in [9.17, 15) is 9.59 Å². The Balaban J connectivity index is 1.86. The minimum absolute atomic E-state index is 0.0344. The molecule has 0 atom stereocenters. The summed E-state index contributed by atoms with van der Waals surface area (Å²) in [5, 5.41) is 1.99. The Bertz CT molecular complexity index is 788. The number of nitrogens with zero attached hydrogens (tertiary/aromatic N) is 2. The number of aryl methyl sites for hydroxylation is 1. The third-order valence-corrected chi connectivity index (χ3v) is 5.29. The molecule has 1 saturated heterocycles. The molecule has 1 aliphatic rings. The van der Waals surface area contributed by atoms with Gasteiger partial charge in [0.1, 0.15) is 0 Å². The van der Waals surface area contributed by atoms with Crippen molar-refractivity contribution in [2.24, 2.45) is 0 Å². The highest BCUT2D eigenvalue weighted by Crippen LogP contribution is 2.26. The van der Waals surface area contributed by atoms with Crippen LogP contribution < -0.4 is 0 Å². The summed E-state index contributed by atoms with van der Waals surface area (Å²) in [5.41, 5.74) is 2.91. The first-order chi connectivity index (χ1) is 12.0. The minimum Gasteiger partial charge on any atom is -0.339 e. The molecule has 0 N–H and O–H groups in total. The molecule has 0 bridgehead atoms. The zero-order chi connectivity index (χ0) is 17.8. The van der Waals surface area contributed by atoms with Gasteiger partial charge in [-0.25, -0.2) is 0 Å². The largest absolute Gasteiger partial charge is 0.339 e. The van der Waals surface area contributed by atoms with Crippen LogP contribution in [0.25, 0.3) is 11.6 Å². The maximum absolute atomic E-state index is 13.1. The van der Waals surface area contributed by atoms with Crippen LogP contribution in [0.4, 0.5) is 0 Å². The highest BCUT2D eigenvalue weighted by atomic mass is 32.1. The van der Waals surface area contributed by atoms with E-state index in [0.29, 0.717) is 26.2 Å². The molecule has 3 rings (SSSR count). The number of thiophene rings is 1. The van der Waals surface area contributed by atoms with Gasteiger partial charge in [-0.05, 0) is 30.0 Å². The van der Waals surface area contributed by atoms with Gasteiger partial charge in [-0.1, -0.05) is 35.9 Å². The maximum Gasteiger partial charge on any atom is 0.255 e. The molecule has 1 fully saturated rings. The topological polar surface area (TPSA) is 40.6 Å². The molecular weight excluding hydrogens is 332 g/mol. The summed E-state index contributed by atoms with van der Waals surface area (Å²) < 4.78 is 0. The zero-order valence-corrected chi connectivity index (χ0v) is 15.4. The smallest absolute Gasteiger partial charge is 0.255 e. The Morgan fingerprint density at radius 1 is 1.04 bits per heavy atom. The van der Waals surface area contributed by atoms with Gasteiger partial charge in [0.05, 0.1) is 5.57 Å². The third-order valence-electron chi connectivity index (χ3n) is 4.38.